The minimum absolute atomic E-state index is 0.805. The molecule has 2 saturated heterocycles. The van der Waals surface area contributed by atoms with Crippen LogP contribution in [0.4, 0.5) is 0 Å². The fraction of sp³-hybridized carbons (Fsp3) is 1.00. The molecule has 2 unspecified atom stereocenters. The van der Waals surface area contributed by atoms with Crippen LogP contribution >= 0.6 is 0 Å². The number of piperidine rings is 2. The Morgan fingerprint density at radius 3 is 2.62 bits per heavy atom. The number of hydrogen-bond donors (Lipinski definition) is 1. The lowest BCUT2D eigenvalue weighted by Crippen LogP contribution is -2.53. The SMILES string of the molecule is CC1CCC(NCCN2CCC3C(CCCN3C)C2)CC1. The van der Waals surface area contributed by atoms with Crippen molar-refractivity contribution in [3.8, 4) is 0 Å². The summed E-state index contributed by atoms with van der Waals surface area (Å²) in [5, 5.41) is 3.82. The summed E-state index contributed by atoms with van der Waals surface area (Å²) in [7, 11) is 2.33. The highest BCUT2D eigenvalue weighted by Gasteiger charge is 2.33. The summed E-state index contributed by atoms with van der Waals surface area (Å²) in [5.41, 5.74) is 0. The fourth-order valence-corrected chi connectivity index (χ4v) is 4.82. The molecular formula is C18H35N3. The summed E-state index contributed by atoms with van der Waals surface area (Å²) in [6.07, 6.45) is 9.91. The van der Waals surface area contributed by atoms with Crippen LogP contribution in [0.3, 0.4) is 0 Å². The van der Waals surface area contributed by atoms with Gasteiger partial charge in [0.25, 0.3) is 0 Å². The van der Waals surface area contributed by atoms with Crippen molar-refractivity contribution >= 4 is 0 Å². The van der Waals surface area contributed by atoms with Gasteiger partial charge < -0.3 is 15.1 Å². The first-order valence-corrected chi connectivity index (χ1v) is 9.38. The molecule has 0 radical (unpaired) electrons. The van der Waals surface area contributed by atoms with E-state index in [9.17, 15) is 0 Å². The quantitative estimate of drug-likeness (QED) is 0.859. The van der Waals surface area contributed by atoms with Crippen LogP contribution in [-0.4, -0.2) is 61.7 Å². The van der Waals surface area contributed by atoms with Gasteiger partial charge in [-0.3, -0.25) is 0 Å². The smallest absolute Gasteiger partial charge is 0.0145 e. The zero-order valence-electron chi connectivity index (χ0n) is 14.2. The number of nitrogens with zero attached hydrogens (tertiary/aromatic N) is 2. The molecule has 0 aromatic heterocycles. The molecular weight excluding hydrogens is 258 g/mol. The largest absolute Gasteiger partial charge is 0.313 e. The fourth-order valence-electron chi connectivity index (χ4n) is 4.82. The first-order chi connectivity index (χ1) is 10.2. The summed E-state index contributed by atoms with van der Waals surface area (Å²) in [6.45, 7) is 8.85. The van der Waals surface area contributed by atoms with E-state index in [4.69, 9.17) is 0 Å². The second kappa shape index (κ2) is 7.43. The summed E-state index contributed by atoms with van der Waals surface area (Å²) >= 11 is 0. The number of nitrogens with one attached hydrogen (secondary N) is 1. The second-order valence-electron chi connectivity index (χ2n) is 7.95. The standard InChI is InChI=1S/C18H35N3/c1-15-5-7-17(8-6-15)19-10-13-21-12-9-18-16(14-21)4-3-11-20(18)2/h15-19H,3-14H2,1-2H3. The Morgan fingerprint density at radius 2 is 1.81 bits per heavy atom. The normalized spacial score (nSPS) is 39.1. The van der Waals surface area contributed by atoms with Gasteiger partial charge in [-0.1, -0.05) is 6.92 Å². The van der Waals surface area contributed by atoms with Crippen molar-refractivity contribution in [3.05, 3.63) is 0 Å². The van der Waals surface area contributed by atoms with E-state index in [2.05, 4.69) is 29.1 Å². The van der Waals surface area contributed by atoms with Crippen LogP contribution in [0.1, 0.15) is 51.9 Å². The van der Waals surface area contributed by atoms with Crippen LogP contribution in [0.15, 0.2) is 0 Å². The molecule has 2 aliphatic heterocycles. The summed E-state index contributed by atoms with van der Waals surface area (Å²) < 4.78 is 0. The van der Waals surface area contributed by atoms with E-state index in [1.807, 2.05) is 0 Å². The first kappa shape index (κ1) is 15.8. The molecule has 3 nitrogen and oxygen atoms in total. The maximum Gasteiger partial charge on any atom is 0.0145 e. The number of likely N-dealkylation sites (tertiary alicyclic amines) is 2. The molecule has 2 atom stereocenters. The Kier molecular flexibility index (Phi) is 5.58. The predicted molar refractivity (Wildman–Crippen MR) is 89.6 cm³/mol. The Balaban J connectivity index is 1.35. The van der Waals surface area contributed by atoms with Gasteiger partial charge in [-0.25, -0.2) is 0 Å². The zero-order chi connectivity index (χ0) is 14.7. The maximum atomic E-state index is 3.82. The molecule has 3 aliphatic rings. The predicted octanol–water partition coefficient (Wildman–Crippen LogP) is 2.57. The maximum absolute atomic E-state index is 3.82. The van der Waals surface area contributed by atoms with Crippen molar-refractivity contribution in [1.29, 1.82) is 0 Å². The number of hydrogen-bond acceptors (Lipinski definition) is 3. The van der Waals surface area contributed by atoms with Crippen LogP contribution in [0.2, 0.25) is 0 Å². The Morgan fingerprint density at radius 1 is 1.00 bits per heavy atom. The third-order valence-electron chi connectivity index (χ3n) is 6.31. The van der Waals surface area contributed by atoms with E-state index in [0.29, 0.717) is 0 Å². The molecule has 3 heteroatoms. The topological polar surface area (TPSA) is 18.5 Å². The van der Waals surface area contributed by atoms with Gasteiger partial charge in [0.2, 0.25) is 0 Å². The lowest BCUT2D eigenvalue weighted by molar-refractivity contribution is 0.0387. The molecule has 122 valence electrons. The zero-order valence-corrected chi connectivity index (χ0v) is 14.2. The molecule has 21 heavy (non-hydrogen) atoms. The molecule has 0 amide bonds. The molecule has 0 spiro atoms. The van der Waals surface area contributed by atoms with Crippen LogP contribution in [-0.2, 0) is 0 Å². The van der Waals surface area contributed by atoms with Crippen LogP contribution in [0.25, 0.3) is 0 Å². The summed E-state index contributed by atoms with van der Waals surface area (Å²) in [5.74, 6) is 1.90. The molecule has 1 N–H and O–H groups in total. The van der Waals surface area contributed by atoms with Crippen molar-refractivity contribution < 1.29 is 0 Å². The van der Waals surface area contributed by atoms with Crippen molar-refractivity contribution in [2.24, 2.45) is 11.8 Å². The minimum atomic E-state index is 0.805. The van der Waals surface area contributed by atoms with E-state index in [1.54, 1.807) is 0 Å². The van der Waals surface area contributed by atoms with Gasteiger partial charge >= 0.3 is 0 Å². The Hall–Kier alpha value is -0.120. The summed E-state index contributed by atoms with van der Waals surface area (Å²) in [6, 6.07) is 1.68. The highest BCUT2D eigenvalue weighted by Crippen LogP contribution is 2.29. The summed E-state index contributed by atoms with van der Waals surface area (Å²) in [4.78, 5) is 5.34. The average molecular weight is 293 g/mol. The molecule has 3 rings (SSSR count). The number of fused-ring (bicyclic) bond motifs is 1. The second-order valence-corrected chi connectivity index (χ2v) is 7.95. The van der Waals surface area contributed by atoms with Crippen molar-refractivity contribution in [3.63, 3.8) is 0 Å². The van der Waals surface area contributed by atoms with E-state index < -0.39 is 0 Å². The van der Waals surface area contributed by atoms with Crippen LogP contribution in [0.5, 0.6) is 0 Å². The Labute approximate surface area is 131 Å². The van der Waals surface area contributed by atoms with E-state index in [1.165, 1.54) is 77.7 Å². The van der Waals surface area contributed by atoms with Crippen LogP contribution < -0.4 is 5.32 Å². The van der Waals surface area contributed by atoms with Gasteiger partial charge in [0.15, 0.2) is 0 Å². The lowest BCUT2D eigenvalue weighted by Gasteiger charge is -2.46. The van der Waals surface area contributed by atoms with Gasteiger partial charge in [0.1, 0.15) is 0 Å². The van der Waals surface area contributed by atoms with Gasteiger partial charge in [0.05, 0.1) is 0 Å². The monoisotopic (exact) mass is 293 g/mol. The molecule has 2 heterocycles. The Bertz CT molecular complexity index is 312. The molecule has 0 bridgehead atoms. The molecule has 0 aromatic carbocycles. The van der Waals surface area contributed by atoms with E-state index in [-0.39, 0.29) is 0 Å². The van der Waals surface area contributed by atoms with Crippen molar-refractivity contribution in [1.82, 2.24) is 15.1 Å². The molecule has 3 fully saturated rings. The number of rotatable bonds is 4. The molecule has 0 aromatic rings. The van der Waals surface area contributed by atoms with E-state index in [0.717, 1.165) is 23.9 Å². The highest BCUT2D eigenvalue weighted by molar-refractivity contribution is 4.89. The highest BCUT2D eigenvalue weighted by atomic mass is 15.2. The molecule has 1 saturated carbocycles. The van der Waals surface area contributed by atoms with Crippen molar-refractivity contribution in [2.45, 2.75) is 64.0 Å². The lowest BCUT2D eigenvalue weighted by atomic mass is 9.84. The average Bonchev–Trinajstić information content (AvgIpc) is 2.49. The van der Waals surface area contributed by atoms with E-state index >= 15 is 0 Å². The van der Waals surface area contributed by atoms with Gasteiger partial charge in [-0.05, 0) is 76.9 Å². The minimum Gasteiger partial charge on any atom is -0.313 e. The van der Waals surface area contributed by atoms with Gasteiger partial charge in [-0.15, -0.1) is 0 Å². The van der Waals surface area contributed by atoms with Crippen molar-refractivity contribution in [2.75, 3.05) is 39.8 Å². The van der Waals surface area contributed by atoms with Crippen LogP contribution in [0, 0.1) is 11.8 Å². The van der Waals surface area contributed by atoms with Gasteiger partial charge in [0, 0.05) is 31.7 Å². The van der Waals surface area contributed by atoms with Gasteiger partial charge in [-0.2, -0.15) is 0 Å². The third kappa shape index (κ3) is 4.20. The third-order valence-corrected chi connectivity index (χ3v) is 6.31. The first-order valence-electron chi connectivity index (χ1n) is 9.38. The molecule has 1 aliphatic carbocycles.